The first kappa shape index (κ1) is 19.6. The summed E-state index contributed by atoms with van der Waals surface area (Å²) in [7, 11) is 0. The van der Waals surface area contributed by atoms with Crippen molar-refractivity contribution in [3.63, 3.8) is 0 Å². The summed E-state index contributed by atoms with van der Waals surface area (Å²) in [6, 6.07) is 24.3. The molecule has 0 saturated carbocycles. The monoisotopic (exact) mass is 377 g/mol. The van der Waals surface area contributed by atoms with Gasteiger partial charge in [0.05, 0.1) is 19.8 Å². The molecule has 0 aliphatic heterocycles. The second kappa shape index (κ2) is 9.70. The van der Waals surface area contributed by atoms with Crippen molar-refractivity contribution in [3.8, 4) is 17.2 Å². The third kappa shape index (κ3) is 4.77. The Labute approximate surface area is 167 Å². The Balaban J connectivity index is 2.10. The summed E-state index contributed by atoms with van der Waals surface area (Å²) < 4.78 is 17.2. The summed E-state index contributed by atoms with van der Waals surface area (Å²) in [5, 5.41) is 0. The summed E-state index contributed by atoms with van der Waals surface area (Å²) in [6.07, 6.45) is 0. The molecule has 0 radical (unpaired) electrons. The molecule has 0 heterocycles. The lowest BCUT2D eigenvalue weighted by Crippen LogP contribution is -2.10. The standard InChI is InChI=1S/C24H27NO3/c1-4-26-22-13-7-10-19(16-22)25(20-11-8-14-23(17-20)27-5-2)21-12-9-15-24(18-21)28-6-3/h7-18H,4-6H2,1-3H3. The molecule has 3 aromatic carbocycles. The minimum Gasteiger partial charge on any atom is -0.494 e. The predicted molar refractivity (Wildman–Crippen MR) is 115 cm³/mol. The predicted octanol–water partition coefficient (Wildman–Crippen LogP) is 6.35. The van der Waals surface area contributed by atoms with Crippen molar-refractivity contribution < 1.29 is 14.2 Å². The zero-order valence-corrected chi connectivity index (χ0v) is 16.7. The van der Waals surface area contributed by atoms with Gasteiger partial charge in [0, 0.05) is 35.3 Å². The van der Waals surface area contributed by atoms with Crippen LogP contribution in [0.5, 0.6) is 17.2 Å². The molecule has 0 fully saturated rings. The van der Waals surface area contributed by atoms with E-state index in [0.717, 1.165) is 34.3 Å². The highest BCUT2D eigenvalue weighted by Gasteiger charge is 2.15. The number of benzene rings is 3. The van der Waals surface area contributed by atoms with Gasteiger partial charge in [-0.3, -0.25) is 0 Å². The van der Waals surface area contributed by atoms with Crippen LogP contribution in [0.3, 0.4) is 0 Å². The number of nitrogens with zero attached hydrogens (tertiary/aromatic N) is 1. The normalized spacial score (nSPS) is 10.4. The van der Waals surface area contributed by atoms with E-state index in [0.29, 0.717) is 19.8 Å². The van der Waals surface area contributed by atoms with Crippen molar-refractivity contribution in [2.75, 3.05) is 24.7 Å². The Kier molecular flexibility index (Phi) is 6.79. The van der Waals surface area contributed by atoms with E-state index >= 15 is 0 Å². The first-order valence-corrected chi connectivity index (χ1v) is 9.73. The Bertz CT molecular complexity index is 777. The first-order valence-electron chi connectivity index (χ1n) is 9.73. The van der Waals surface area contributed by atoms with Crippen LogP contribution in [0, 0.1) is 0 Å². The second-order valence-corrected chi connectivity index (χ2v) is 6.13. The molecule has 0 bridgehead atoms. The Morgan fingerprint density at radius 2 is 0.857 bits per heavy atom. The van der Waals surface area contributed by atoms with E-state index in [1.165, 1.54) is 0 Å². The van der Waals surface area contributed by atoms with Gasteiger partial charge in [-0.15, -0.1) is 0 Å². The number of ether oxygens (including phenoxy) is 3. The fourth-order valence-corrected chi connectivity index (χ4v) is 3.08. The molecular weight excluding hydrogens is 350 g/mol. The molecular formula is C24H27NO3. The second-order valence-electron chi connectivity index (χ2n) is 6.13. The maximum absolute atomic E-state index is 5.72. The Hall–Kier alpha value is -3.14. The van der Waals surface area contributed by atoms with Gasteiger partial charge in [-0.2, -0.15) is 0 Å². The maximum atomic E-state index is 5.72. The quantitative estimate of drug-likeness (QED) is 0.434. The molecule has 146 valence electrons. The molecule has 0 unspecified atom stereocenters. The molecule has 4 heteroatoms. The van der Waals surface area contributed by atoms with Gasteiger partial charge in [0.15, 0.2) is 0 Å². The molecule has 28 heavy (non-hydrogen) atoms. The van der Waals surface area contributed by atoms with Crippen molar-refractivity contribution in [1.29, 1.82) is 0 Å². The van der Waals surface area contributed by atoms with Gasteiger partial charge in [0.25, 0.3) is 0 Å². The van der Waals surface area contributed by atoms with E-state index in [1.807, 2.05) is 75.4 Å². The molecule has 0 spiro atoms. The zero-order chi connectivity index (χ0) is 19.8. The molecule has 4 nitrogen and oxygen atoms in total. The molecule has 0 amide bonds. The molecule has 3 rings (SSSR count). The van der Waals surface area contributed by atoms with Crippen molar-refractivity contribution in [3.05, 3.63) is 72.8 Å². The summed E-state index contributed by atoms with van der Waals surface area (Å²) in [5.41, 5.74) is 3.02. The van der Waals surface area contributed by atoms with Crippen LogP contribution in [0.4, 0.5) is 17.1 Å². The van der Waals surface area contributed by atoms with Crippen molar-refractivity contribution in [2.45, 2.75) is 20.8 Å². The smallest absolute Gasteiger partial charge is 0.121 e. The summed E-state index contributed by atoms with van der Waals surface area (Å²) in [6.45, 7) is 7.85. The lowest BCUT2D eigenvalue weighted by atomic mass is 10.1. The lowest BCUT2D eigenvalue weighted by Gasteiger charge is -2.26. The highest BCUT2D eigenvalue weighted by atomic mass is 16.5. The van der Waals surface area contributed by atoms with Crippen LogP contribution >= 0.6 is 0 Å². The fourth-order valence-electron chi connectivity index (χ4n) is 3.08. The molecule has 0 N–H and O–H groups in total. The summed E-state index contributed by atoms with van der Waals surface area (Å²) in [4.78, 5) is 2.17. The average molecular weight is 377 g/mol. The van der Waals surface area contributed by atoms with Gasteiger partial charge in [-0.05, 0) is 57.2 Å². The average Bonchev–Trinajstić information content (AvgIpc) is 2.70. The van der Waals surface area contributed by atoms with E-state index in [4.69, 9.17) is 14.2 Å². The number of rotatable bonds is 9. The van der Waals surface area contributed by atoms with Gasteiger partial charge in [-0.25, -0.2) is 0 Å². The molecule has 0 aromatic heterocycles. The molecule has 3 aromatic rings. The van der Waals surface area contributed by atoms with Crippen LogP contribution in [0.25, 0.3) is 0 Å². The highest BCUT2D eigenvalue weighted by Crippen LogP contribution is 2.38. The minimum absolute atomic E-state index is 0.628. The molecule has 0 aliphatic carbocycles. The lowest BCUT2D eigenvalue weighted by molar-refractivity contribution is 0.340. The third-order valence-electron chi connectivity index (χ3n) is 4.16. The largest absolute Gasteiger partial charge is 0.494 e. The van der Waals surface area contributed by atoms with Crippen LogP contribution < -0.4 is 19.1 Å². The van der Waals surface area contributed by atoms with Crippen LogP contribution in [0.1, 0.15) is 20.8 Å². The molecule has 0 aliphatic rings. The van der Waals surface area contributed by atoms with Crippen LogP contribution in [0.15, 0.2) is 72.8 Å². The Morgan fingerprint density at radius 1 is 0.536 bits per heavy atom. The van der Waals surface area contributed by atoms with Crippen molar-refractivity contribution >= 4 is 17.1 Å². The van der Waals surface area contributed by atoms with Crippen LogP contribution in [-0.4, -0.2) is 19.8 Å². The molecule has 0 atom stereocenters. The summed E-state index contributed by atoms with van der Waals surface area (Å²) >= 11 is 0. The first-order chi connectivity index (χ1) is 13.7. The van der Waals surface area contributed by atoms with Crippen molar-refractivity contribution in [2.24, 2.45) is 0 Å². The Morgan fingerprint density at radius 3 is 1.14 bits per heavy atom. The number of hydrogen-bond acceptors (Lipinski definition) is 4. The number of hydrogen-bond donors (Lipinski definition) is 0. The van der Waals surface area contributed by atoms with Gasteiger partial charge < -0.3 is 19.1 Å². The highest BCUT2D eigenvalue weighted by molar-refractivity contribution is 5.78. The van der Waals surface area contributed by atoms with Gasteiger partial charge in [0.1, 0.15) is 17.2 Å². The van der Waals surface area contributed by atoms with E-state index in [1.54, 1.807) is 0 Å². The summed E-state index contributed by atoms with van der Waals surface area (Å²) in [5.74, 6) is 2.52. The van der Waals surface area contributed by atoms with E-state index < -0.39 is 0 Å². The van der Waals surface area contributed by atoms with Gasteiger partial charge in [0.2, 0.25) is 0 Å². The third-order valence-corrected chi connectivity index (χ3v) is 4.16. The minimum atomic E-state index is 0.628. The van der Waals surface area contributed by atoms with Gasteiger partial charge >= 0.3 is 0 Å². The van der Waals surface area contributed by atoms with E-state index in [2.05, 4.69) is 23.1 Å². The van der Waals surface area contributed by atoms with E-state index in [9.17, 15) is 0 Å². The SMILES string of the molecule is CCOc1cccc(N(c2cccc(OCC)c2)c2cccc(OCC)c2)c1. The molecule has 0 saturated heterocycles. The zero-order valence-electron chi connectivity index (χ0n) is 16.7. The topological polar surface area (TPSA) is 30.9 Å². The van der Waals surface area contributed by atoms with E-state index in [-0.39, 0.29) is 0 Å². The maximum Gasteiger partial charge on any atom is 0.121 e. The fraction of sp³-hybridized carbons (Fsp3) is 0.250. The van der Waals surface area contributed by atoms with Crippen LogP contribution in [-0.2, 0) is 0 Å². The number of anilines is 3. The van der Waals surface area contributed by atoms with Crippen molar-refractivity contribution in [1.82, 2.24) is 0 Å². The van der Waals surface area contributed by atoms with Gasteiger partial charge in [-0.1, -0.05) is 18.2 Å². The van der Waals surface area contributed by atoms with Crippen LogP contribution in [0.2, 0.25) is 0 Å².